The quantitative estimate of drug-likeness (QED) is 0.790. The highest BCUT2D eigenvalue weighted by Gasteiger charge is 2.32. The zero-order valence-corrected chi connectivity index (χ0v) is 9.89. The zero-order chi connectivity index (χ0) is 11.8. The number of hydrogen-bond donors (Lipinski definition) is 1. The first kappa shape index (κ1) is 11.6. The van der Waals surface area contributed by atoms with Crippen molar-refractivity contribution in [1.82, 2.24) is 13.9 Å². The Kier molecular flexibility index (Phi) is 3.00. The molecule has 1 unspecified atom stereocenters. The summed E-state index contributed by atoms with van der Waals surface area (Å²) < 4.78 is 27.1. The lowest BCUT2D eigenvalue weighted by Crippen LogP contribution is -2.29. The molecule has 0 aromatic carbocycles. The standard InChI is InChI=1S/C9H15N3O3S/c1-2-11-6-9(10-7-11)16(14,15)12-4-3-8(13)5-12/h6-8,13H,2-5H2,1H3. The van der Waals surface area contributed by atoms with E-state index in [1.54, 1.807) is 4.57 Å². The molecule has 0 amide bonds. The maximum Gasteiger partial charge on any atom is 0.262 e. The number of aromatic nitrogens is 2. The van der Waals surface area contributed by atoms with Gasteiger partial charge >= 0.3 is 0 Å². The van der Waals surface area contributed by atoms with Gasteiger partial charge in [-0.3, -0.25) is 0 Å². The Morgan fingerprint density at radius 2 is 2.38 bits per heavy atom. The molecule has 6 nitrogen and oxygen atoms in total. The summed E-state index contributed by atoms with van der Waals surface area (Å²) in [6.07, 6.45) is 2.95. The van der Waals surface area contributed by atoms with Crippen LogP contribution in [0.25, 0.3) is 0 Å². The van der Waals surface area contributed by atoms with Crippen molar-refractivity contribution in [3.05, 3.63) is 12.5 Å². The fraction of sp³-hybridized carbons (Fsp3) is 0.667. The summed E-state index contributed by atoms with van der Waals surface area (Å²) in [6, 6.07) is 0. The number of β-amino-alcohol motifs (C(OH)–C–C–N with tert-alkyl or cyclic N) is 1. The van der Waals surface area contributed by atoms with E-state index in [-0.39, 0.29) is 11.6 Å². The molecule has 0 aliphatic carbocycles. The van der Waals surface area contributed by atoms with Gasteiger partial charge in [-0.25, -0.2) is 13.4 Å². The molecular formula is C9H15N3O3S. The van der Waals surface area contributed by atoms with Crippen molar-refractivity contribution >= 4 is 10.0 Å². The summed E-state index contributed by atoms with van der Waals surface area (Å²) in [7, 11) is -3.52. The van der Waals surface area contributed by atoms with Gasteiger partial charge in [0.1, 0.15) is 0 Å². The summed E-state index contributed by atoms with van der Waals surface area (Å²) in [5.41, 5.74) is 0. The minimum Gasteiger partial charge on any atom is -0.392 e. The number of nitrogens with zero attached hydrogens (tertiary/aromatic N) is 3. The first-order chi connectivity index (χ1) is 7.54. The topological polar surface area (TPSA) is 75.4 Å². The van der Waals surface area contributed by atoms with Crippen LogP contribution in [0.1, 0.15) is 13.3 Å². The Labute approximate surface area is 94.6 Å². The van der Waals surface area contributed by atoms with Gasteiger partial charge in [0.2, 0.25) is 0 Å². The van der Waals surface area contributed by atoms with Crippen LogP contribution in [-0.4, -0.2) is 46.6 Å². The first-order valence-electron chi connectivity index (χ1n) is 5.24. The normalized spacial score (nSPS) is 22.8. The second-order valence-corrected chi connectivity index (χ2v) is 5.73. The van der Waals surface area contributed by atoms with Crippen molar-refractivity contribution in [2.75, 3.05) is 13.1 Å². The highest BCUT2D eigenvalue weighted by atomic mass is 32.2. The monoisotopic (exact) mass is 245 g/mol. The van der Waals surface area contributed by atoms with Gasteiger partial charge in [-0.2, -0.15) is 4.31 Å². The molecule has 16 heavy (non-hydrogen) atoms. The van der Waals surface area contributed by atoms with Crippen molar-refractivity contribution in [2.24, 2.45) is 0 Å². The van der Waals surface area contributed by atoms with Crippen LogP contribution in [0.3, 0.4) is 0 Å². The van der Waals surface area contributed by atoms with Crippen LogP contribution >= 0.6 is 0 Å². The second kappa shape index (κ2) is 4.15. The van der Waals surface area contributed by atoms with Crippen LogP contribution in [-0.2, 0) is 16.6 Å². The Morgan fingerprint density at radius 3 is 2.88 bits per heavy atom. The molecule has 2 rings (SSSR count). The van der Waals surface area contributed by atoms with Crippen molar-refractivity contribution in [1.29, 1.82) is 0 Å². The molecule has 1 aromatic rings. The van der Waals surface area contributed by atoms with E-state index in [4.69, 9.17) is 0 Å². The number of imidazole rings is 1. The third kappa shape index (κ3) is 1.98. The van der Waals surface area contributed by atoms with Crippen LogP contribution in [0, 0.1) is 0 Å². The van der Waals surface area contributed by atoms with Gasteiger partial charge in [-0.05, 0) is 13.3 Å². The molecule has 90 valence electrons. The molecule has 0 radical (unpaired) electrons. The first-order valence-corrected chi connectivity index (χ1v) is 6.68. The van der Waals surface area contributed by atoms with Crippen molar-refractivity contribution in [2.45, 2.75) is 31.0 Å². The van der Waals surface area contributed by atoms with Crippen molar-refractivity contribution in [3.8, 4) is 0 Å². The molecule has 1 aliphatic rings. The Hall–Kier alpha value is -0.920. The lowest BCUT2D eigenvalue weighted by molar-refractivity contribution is 0.189. The van der Waals surface area contributed by atoms with Crippen LogP contribution in [0.4, 0.5) is 0 Å². The minimum atomic E-state index is -3.52. The lowest BCUT2D eigenvalue weighted by Gasteiger charge is -2.13. The van der Waals surface area contributed by atoms with E-state index in [0.29, 0.717) is 19.5 Å². The fourth-order valence-corrected chi connectivity index (χ4v) is 3.13. The van der Waals surface area contributed by atoms with E-state index in [9.17, 15) is 13.5 Å². The largest absolute Gasteiger partial charge is 0.392 e. The maximum absolute atomic E-state index is 12.0. The van der Waals surface area contributed by atoms with Crippen molar-refractivity contribution < 1.29 is 13.5 Å². The lowest BCUT2D eigenvalue weighted by atomic mass is 10.3. The van der Waals surface area contributed by atoms with Crippen molar-refractivity contribution in [3.63, 3.8) is 0 Å². The average Bonchev–Trinajstić information content (AvgIpc) is 2.85. The SMILES string of the molecule is CCn1cnc(S(=O)(=O)N2CCC(O)C2)c1. The average molecular weight is 245 g/mol. The second-order valence-electron chi connectivity index (χ2n) is 3.85. The van der Waals surface area contributed by atoms with E-state index in [1.165, 1.54) is 16.8 Å². The predicted octanol–water partition coefficient (Wildman–Crippen LogP) is -0.342. The van der Waals surface area contributed by atoms with Crippen LogP contribution in [0.15, 0.2) is 17.6 Å². The van der Waals surface area contributed by atoms with E-state index in [0.717, 1.165) is 0 Å². The zero-order valence-electron chi connectivity index (χ0n) is 9.07. The summed E-state index contributed by atoms with van der Waals surface area (Å²) in [5, 5.41) is 9.39. The molecule has 1 saturated heterocycles. The van der Waals surface area contributed by atoms with E-state index in [2.05, 4.69) is 4.98 Å². The third-order valence-corrected chi connectivity index (χ3v) is 4.46. The van der Waals surface area contributed by atoms with Crippen LogP contribution < -0.4 is 0 Å². The number of aliphatic hydroxyl groups is 1. The molecule has 1 fully saturated rings. The highest BCUT2D eigenvalue weighted by molar-refractivity contribution is 7.89. The number of aliphatic hydroxyl groups excluding tert-OH is 1. The Morgan fingerprint density at radius 1 is 1.62 bits per heavy atom. The summed E-state index contributed by atoms with van der Waals surface area (Å²) in [4.78, 5) is 3.88. The maximum atomic E-state index is 12.0. The number of rotatable bonds is 3. The van der Waals surface area contributed by atoms with Gasteiger partial charge in [0.15, 0.2) is 5.03 Å². The summed E-state index contributed by atoms with van der Waals surface area (Å²) in [5.74, 6) is 0. The van der Waals surface area contributed by atoms with E-state index < -0.39 is 16.1 Å². The molecule has 0 bridgehead atoms. The van der Waals surface area contributed by atoms with Gasteiger partial charge in [-0.15, -0.1) is 0 Å². The summed E-state index contributed by atoms with van der Waals surface area (Å²) in [6.45, 7) is 3.13. The Bertz CT molecular complexity index is 468. The molecule has 1 aromatic heterocycles. The number of aryl methyl sites for hydroxylation is 1. The predicted molar refractivity (Wildman–Crippen MR) is 57.3 cm³/mol. The molecule has 7 heteroatoms. The van der Waals surface area contributed by atoms with Crippen LogP contribution in [0.5, 0.6) is 0 Å². The molecule has 1 atom stereocenters. The summed E-state index contributed by atoms with van der Waals surface area (Å²) >= 11 is 0. The van der Waals surface area contributed by atoms with E-state index >= 15 is 0 Å². The molecule has 1 aliphatic heterocycles. The molecule has 2 heterocycles. The smallest absolute Gasteiger partial charge is 0.262 e. The third-order valence-electron chi connectivity index (χ3n) is 2.71. The molecule has 0 spiro atoms. The molecular weight excluding hydrogens is 230 g/mol. The number of hydrogen-bond acceptors (Lipinski definition) is 4. The fourth-order valence-electron chi connectivity index (χ4n) is 1.71. The van der Waals surface area contributed by atoms with Gasteiger partial charge in [0.05, 0.1) is 12.4 Å². The van der Waals surface area contributed by atoms with Gasteiger partial charge < -0.3 is 9.67 Å². The molecule has 0 saturated carbocycles. The Balaban J connectivity index is 2.25. The van der Waals surface area contributed by atoms with Gasteiger partial charge in [0.25, 0.3) is 10.0 Å². The van der Waals surface area contributed by atoms with Gasteiger partial charge in [0, 0.05) is 25.8 Å². The number of sulfonamides is 1. The van der Waals surface area contributed by atoms with Crippen LogP contribution in [0.2, 0.25) is 0 Å². The van der Waals surface area contributed by atoms with E-state index in [1.807, 2.05) is 6.92 Å². The molecule has 1 N–H and O–H groups in total. The van der Waals surface area contributed by atoms with Gasteiger partial charge in [-0.1, -0.05) is 0 Å². The minimum absolute atomic E-state index is 0.0588. The highest BCUT2D eigenvalue weighted by Crippen LogP contribution is 2.19.